The number of H-pyrrole nitrogens is 1. The van der Waals surface area contributed by atoms with Crippen LogP contribution in [0.1, 0.15) is 27.0 Å². The summed E-state index contributed by atoms with van der Waals surface area (Å²) in [5.41, 5.74) is 1.35. The van der Waals surface area contributed by atoms with Gasteiger partial charge in [-0.15, -0.1) is 0 Å². The van der Waals surface area contributed by atoms with Crippen LogP contribution in [0.25, 0.3) is 0 Å². The van der Waals surface area contributed by atoms with Gasteiger partial charge in [0.2, 0.25) is 0 Å². The highest BCUT2D eigenvalue weighted by Crippen LogP contribution is 2.26. The van der Waals surface area contributed by atoms with Gasteiger partial charge >= 0.3 is 19.8 Å². The van der Waals surface area contributed by atoms with Crippen LogP contribution in [0.4, 0.5) is 0 Å². The predicted octanol–water partition coefficient (Wildman–Crippen LogP) is 0.566. The lowest BCUT2D eigenvalue weighted by molar-refractivity contribution is -0.169. The second-order valence-corrected chi connectivity index (χ2v) is 8.28. The van der Waals surface area contributed by atoms with Crippen LogP contribution in [-0.2, 0) is 19.0 Å². The summed E-state index contributed by atoms with van der Waals surface area (Å²) in [4.78, 5) is 52.5. The molecule has 0 radical (unpaired) electrons. The van der Waals surface area contributed by atoms with Gasteiger partial charge in [-0.3, -0.25) is 23.7 Å². The van der Waals surface area contributed by atoms with Crippen molar-refractivity contribution in [3.05, 3.63) is 57.4 Å². The number of hydrogen-bond donors (Lipinski definition) is 2. The Kier molecular flexibility index (Phi) is 8.91. The maximum absolute atomic E-state index is 12.0. The quantitative estimate of drug-likeness (QED) is 0.270. The molecule has 1 aromatic heterocycles. The van der Waals surface area contributed by atoms with Crippen LogP contribution < -0.4 is 30.8 Å². The maximum Gasteiger partial charge on any atom is 0.412 e. The first-order valence-corrected chi connectivity index (χ1v) is 11.5. The smallest absolute Gasteiger partial charge is 0.412 e. The molecule has 34 heavy (non-hydrogen) atoms. The van der Waals surface area contributed by atoms with E-state index in [9.17, 15) is 19.3 Å². The van der Waals surface area contributed by atoms with E-state index in [0.29, 0.717) is 5.75 Å². The minimum atomic E-state index is -2.47. The van der Waals surface area contributed by atoms with E-state index in [0.717, 1.165) is 0 Å². The maximum atomic E-state index is 12.0. The number of esters is 1. The zero-order chi connectivity index (χ0) is 24.7. The Morgan fingerprint density at radius 2 is 1.97 bits per heavy atom. The van der Waals surface area contributed by atoms with Crippen molar-refractivity contribution in [2.24, 2.45) is 4.85 Å². The van der Waals surface area contributed by atoms with Gasteiger partial charge in [-0.1, -0.05) is 0 Å². The Balaban J connectivity index is 1.44. The van der Waals surface area contributed by atoms with E-state index in [4.69, 9.17) is 23.5 Å². The minimum Gasteiger partial charge on any atom is -0.574 e. The number of aromatic nitrogens is 2. The first kappa shape index (κ1) is 25.5. The van der Waals surface area contributed by atoms with E-state index in [-0.39, 0.29) is 25.1 Å². The number of benzene rings is 1. The third kappa shape index (κ3) is 7.47. The standard InChI is InChI=1S/C20H25N4O9P/c1-12(2)31-19(26)13(3)22-23-34(28)33-15-6-4-14(5-7-15)29-11-18-30-10-17(32-18)24-9-8-16(25)21-20(24)27/h4-9,12-13,17-18,22H,10-11H2,1-3H3,(H,21,25,27)/t13-,17-,18-/m0/s1. The fraction of sp³-hybridized carbons (Fsp3) is 0.450. The molecular formula is C20H25N4O9P. The summed E-state index contributed by atoms with van der Waals surface area (Å²) in [6.45, 7) is 5.14. The van der Waals surface area contributed by atoms with Crippen molar-refractivity contribution in [1.82, 2.24) is 15.0 Å². The third-order valence-corrected chi connectivity index (χ3v) is 4.97. The Hall–Kier alpha value is -3.09. The largest absolute Gasteiger partial charge is 0.574 e. The topological polar surface area (TPSA) is 166 Å². The summed E-state index contributed by atoms with van der Waals surface area (Å²) in [5.74, 6) is 0.234. The highest BCUT2D eigenvalue weighted by molar-refractivity contribution is 7.33. The molecule has 2 heterocycles. The van der Waals surface area contributed by atoms with Crippen LogP contribution in [0, 0.1) is 0 Å². The van der Waals surface area contributed by atoms with Crippen molar-refractivity contribution in [2.75, 3.05) is 13.2 Å². The van der Waals surface area contributed by atoms with Gasteiger partial charge in [0.05, 0.1) is 12.7 Å². The van der Waals surface area contributed by atoms with E-state index in [1.807, 2.05) is 0 Å². The van der Waals surface area contributed by atoms with Gasteiger partial charge in [-0.05, 0) is 45.0 Å². The van der Waals surface area contributed by atoms with Crippen molar-refractivity contribution >= 4 is 14.1 Å². The second-order valence-electron chi connectivity index (χ2n) is 7.42. The lowest BCUT2D eigenvalue weighted by Crippen LogP contribution is -2.33. The number of aromatic amines is 1. The molecule has 1 unspecified atom stereocenters. The van der Waals surface area contributed by atoms with Crippen molar-refractivity contribution in [3.8, 4) is 11.5 Å². The number of rotatable bonds is 10. The molecule has 184 valence electrons. The van der Waals surface area contributed by atoms with Gasteiger partial charge in [0.25, 0.3) is 5.56 Å². The molecular weight excluding hydrogens is 471 g/mol. The molecule has 0 aliphatic carbocycles. The second kappa shape index (κ2) is 11.9. The van der Waals surface area contributed by atoms with Crippen LogP contribution in [0.5, 0.6) is 11.5 Å². The fourth-order valence-corrected chi connectivity index (χ4v) is 3.33. The van der Waals surface area contributed by atoms with Crippen LogP contribution in [0.15, 0.2) is 51.0 Å². The van der Waals surface area contributed by atoms with Crippen LogP contribution >= 0.6 is 8.17 Å². The Labute approximate surface area is 195 Å². The van der Waals surface area contributed by atoms with Crippen LogP contribution in [0.2, 0.25) is 0 Å². The summed E-state index contributed by atoms with van der Waals surface area (Å²) < 4.78 is 28.2. The number of ether oxygens (including phenoxy) is 4. The summed E-state index contributed by atoms with van der Waals surface area (Å²) in [6.07, 6.45) is -0.335. The fourth-order valence-electron chi connectivity index (χ4n) is 2.72. The summed E-state index contributed by atoms with van der Waals surface area (Å²) in [6, 6.07) is 6.70. The normalized spacial score (nSPS) is 19.1. The first-order valence-electron chi connectivity index (χ1n) is 10.3. The molecule has 0 amide bonds. The van der Waals surface area contributed by atoms with Crippen molar-refractivity contribution in [3.63, 3.8) is 0 Å². The number of carbonyl (C=O) groups is 1. The lowest BCUT2D eigenvalue weighted by Gasteiger charge is -2.14. The molecule has 2 N–H and O–H groups in total. The summed E-state index contributed by atoms with van der Waals surface area (Å²) in [5, 5.41) is 0. The van der Waals surface area contributed by atoms with Gasteiger partial charge in [-0.2, -0.15) is 5.43 Å². The van der Waals surface area contributed by atoms with Crippen molar-refractivity contribution in [2.45, 2.75) is 45.4 Å². The van der Waals surface area contributed by atoms with Crippen molar-refractivity contribution in [1.29, 1.82) is 0 Å². The average Bonchev–Trinajstić information content (AvgIpc) is 3.25. The summed E-state index contributed by atoms with van der Waals surface area (Å²) >= 11 is 0. The SMILES string of the molecule is CC(C)OC(=O)[C@H](C)N/N=[P+](\[O-])Oc1ccc(OC[C@H]2OC[C@@H](n3ccc(=O)[nH]c3=O)O2)cc1. The number of hydrogen-bond acceptors (Lipinski definition) is 10. The van der Waals surface area contributed by atoms with Gasteiger partial charge < -0.3 is 23.8 Å². The highest BCUT2D eigenvalue weighted by atomic mass is 31.1. The van der Waals surface area contributed by atoms with E-state index in [1.165, 1.54) is 35.9 Å². The lowest BCUT2D eigenvalue weighted by atomic mass is 10.3. The monoisotopic (exact) mass is 496 g/mol. The number of nitrogens with one attached hydrogen (secondary N) is 2. The minimum absolute atomic E-state index is 0.0483. The Bertz CT molecular complexity index is 1120. The van der Waals surface area contributed by atoms with Crippen LogP contribution in [-0.4, -0.2) is 47.2 Å². The number of carbonyl (C=O) groups excluding carboxylic acids is 1. The zero-order valence-corrected chi connectivity index (χ0v) is 19.6. The summed E-state index contributed by atoms with van der Waals surface area (Å²) in [7, 11) is -2.47. The molecule has 1 saturated heterocycles. The Morgan fingerprint density at radius 3 is 2.65 bits per heavy atom. The van der Waals surface area contributed by atoms with E-state index in [1.54, 1.807) is 26.0 Å². The molecule has 2 aromatic rings. The molecule has 1 fully saturated rings. The third-order valence-electron chi connectivity index (χ3n) is 4.33. The van der Waals surface area contributed by atoms with Gasteiger partial charge in [0.15, 0.2) is 18.3 Å². The first-order chi connectivity index (χ1) is 16.2. The van der Waals surface area contributed by atoms with E-state index >= 15 is 0 Å². The molecule has 1 aliphatic rings. The van der Waals surface area contributed by atoms with E-state index < -0.39 is 43.9 Å². The van der Waals surface area contributed by atoms with Crippen LogP contribution in [0.3, 0.4) is 0 Å². The van der Waals surface area contributed by atoms with Gasteiger partial charge in [0.1, 0.15) is 18.4 Å². The van der Waals surface area contributed by atoms with E-state index in [2.05, 4.69) is 15.3 Å². The Morgan fingerprint density at radius 1 is 1.26 bits per heavy atom. The molecule has 4 atom stereocenters. The van der Waals surface area contributed by atoms with Gasteiger partial charge in [0, 0.05) is 17.1 Å². The molecule has 1 aromatic carbocycles. The molecule has 14 heteroatoms. The molecule has 0 spiro atoms. The highest BCUT2D eigenvalue weighted by Gasteiger charge is 2.28. The molecule has 13 nitrogen and oxygen atoms in total. The average molecular weight is 496 g/mol. The predicted molar refractivity (Wildman–Crippen MR) is 117 cm³/mol. The number of nitrogens with zero attached hydrogens (tertiary/aromatic N) is 2. The van der Waals surface area contributed by atoms with Crippen molar-refractivity contribution < 1.29 is 33.2 Å². The molecule has 0 saturated carbocycles. The molecule has 0 bridgehead atoms. The van der Waals surface area contributed by atoms with Gasteiger partial charge in [-0.25, -0.2) is 4.79 Å². The molecule has 1 aliphatic heterocycles. The molecule has 3 rings (SSSR count). The zero-order valence-electron chi connectivity index (χ0n) is 18.7.